The first kappa shape index (κ1) is 28.1. The standard InChI is InChI=1S/C30H33FN4O6/c1-30(2,3)41-29(37)35-16-19-6-5-7-24(23(19)17-35)39-21-10-12-34(13-11-21)27-26(15-32-18-33-27)40-25-9-8-20(31)14-22(25)28(36)38-4/h5-9,14-15,18,21H,10-13,16-17H2,1-4H3. The van der Waals surface area contributed by atoms with Crippen LogP contribution in [-0.4, -0.2) is 58.8 Å². The van der Waals surface area contributed by atoms with Crippen molar-refractivity contribution in [1.29, 1.82) is 0 Å². The Morgan fingerprint density at radius 3 is 2.54 bits per heavy atom. The molecule has 0 bridgehead atoms. The predicted octanol–water partition coefficient (Wildman–Crippen LogP) is 5.49. The third-order valence-corrected chi connectivity index (χ3v) is 6.85. The molecule has 2 aliphatic heterocycles. The van der Waals surface area contributed by atoms with E-state index in [1.807, 2.05) is 39.0 Å². The van der Waals surface area contributed by atoms with Crippen molar-refractivity contribution in [2.75, 3.05) is 25.1 Å². The summed E-state index contributed by atoms with van der Waals surface area (Å²) in [7, 11) is 1.22. The molecule has 0 saturated carbocycles. The van der Waals surface area contributed by atoms with Crippen LogP contribution in [0.25, 0.3) is 0 Å². The third-order valence-electron chi connectivity index (χ3n) is 6.85. The molecule has 1 amide bonds. The van der Waals surface area contributed by atoms with Gasteiger partial charge in [0.1, 0.15) is 40.9 Å². The van der Waals surface area contributed by atoms with E-state index in [1.165, 1.54) is 31.8 Å². The van der Waals surface area contributed by atoms with Crippen LogP contribution in [-0.2, 0) is 22.6 Å². The Morgan fingerprint density at radius 2 is 1.80 bits per heavy atom. The number of halogens is 1. The maximum atomic E-state index is 13.8. The van der Waals surface area contributed by atoms with E-state index in [4.69, 9.17) is 18.9 Å². The summed E-state index contributed by atoms with van der Waals surface area (Å²) in [5.41, 5.74) is 1.47. The fraction of sp³-hybridized carbons (Fsp3) is 0.400. The van der Waals surface area contributed by atoms with Crippen LogP contribution < -0.4 is 14.4 Å². The van der Waals surface area contributed by atoms with Crippen LogP contribution in [0.2, 0.25) is 0 Å². The lowest BCUT2D eigenvalue weighted by Gasteiger charge is -2.33. The first-order valence-corrected chi connectivity index (χ1v) is 13.5. The van der Waals surface area contributed by atoms with Gasteiger partial charge in [-0.25, -0.2) is 23.9 Å². The summed E-state index contributed by atoms with van der Waals surface area (Å²) in [6.07, 6.45) is 4.04. The number of hydrogen-bond acceptors (Lipinski definition) is 9. The Morgan fingerprint density at radius 1 is 1.02 bits per heavy atom. The fourth-order valence-electron chi connectivity index (χ4n) is 4.92. The van der Waals surface area contributed by atoms with E-state index >= 15 is 0 Å². The maximum absolute atomic E-state index is 13.8. The summed E-state index contributed by atoms with van der Waals surface area (Å²) < 4.78 is 36.6. The van der Waals surface area contributed by atoms with Crippen LogP contribution in [0.5, 0.6) is 17.2 Å². The molecule has 11 heteroatoms. The highest BCUT2D eigenvalue weighted by molar-refractivity contribution is 5.92. The molecule has 1 aromatic heterocycles. The first-order valence-electron chi connectivity index (χ1n) is 13.5. The number of ether oxygens (including phenoxy) is 4. The lowest BCUT2D eigenvalue weighted by molar-refractivity contribution is 0.0240. The minimum atomic E-state index is -0.711. The van der Waals surface area contributed by atoms with Crippen LogP contribution in [0.1, 0.15) is 55.1 Å². The molecule has 3 heterocycles. The van der Waals surface area contributed by atoms with Gasteiger partial charge in [-0.2, -0.15) is 0 Å². The largest absolute Gasteiger partial charge is 0.490 e. The Kier molecular flexibility index (Phi) is 7.96. The maximum Gasteiger partial charge on any atom is 0.410 e. The number of aromatic nitrogens is 2. The molecule has 216 valence electrons. The van der Waals surface area contributed by atoms with Gasteiger partial charge in [-0.3, -0.25) is 4.90 Å². The Balaban J connectivity index is 1.24. The van der Waals surface area contributed by atoms with E-state index in [9.17, 15) is 14.0 Å². The zero-order valence-electron chi connectivity index (χ0n) is 23.6. The van der Waals surface area contributed by atoms with Crippen LogP contribution in [0.15, 0.2) is 48.9 Å². The van der Waals surface area contributed by atoms with Crippen LogP contribution in [0.4, 0.5) is 15.0 Å². The van der Waals surface area contributed by atoms with Crippen molar-refractivity contribution in [1.82, 2.24) is 14.9 Å². The van der Waals surface area contributed by atoms with Gasteiger partial charge in [0, 0.05) is 38.0 Å². The van der Waals surface area contributed by atoms with E-state index in [2.05, 4.69) is 14.9 Å². The lowest BCUT2D eigenvalue weighted by atomic mass is 10.1. The van der Waals surface area contributed by atoms with Gasteiger partial charge in [-0.1, -0.05) is 12.1 Å². The number of esters is 1. The molecule has 1 saturated heterocycles. The average molecular weight is 565 g/mol. The molecule has 0 radical (unpaired) electrons. The molecule has 0 atom stereocenters. The smallest absolute Gasteiger partial charge is 0.410 e. The van der Waals surface area contributed by atoms with Crippen molar-refractivity contribution in [3.05, 3.63) is 71.4 Å². The summed E-state index contributed by atoms with van der Waals surface area (Å²) in [6.45, 7) is 7.78. The van der Waals surface area contributed by atoms with Gasteiger partial charge in [0.05, 0.1) is 19.9 Å². The van der Waals surface area contributed by atoms with Gasteiger partial charge in [-0.05, 0) is 50.6 Å². The molecule has 3 aromatic rings. The number of hydrogen-bond donors (Lipinski definition) is 0. The number of amides is 1. The van der Waals surface area contributed by atoms with Crippen molar-refractivity contribution in [3.63, 3.8) is 0 Å². The number of fused-ring (bicyclic) bond motifs is 1. The molecule has 41 heavy (non-hydrogen) atoms. The zero-order chi connectivity index (χ0) is 29.1. The molecule has 0 unspecified atom stereocenters. The van der Waals surface area contributed by atoms with Gasteiger partial charge < -0.3 is 23.8 Å². The average Bonchev–Trinajstić information content (AvgIpc) is 3.39. The second kappa shape index (κ2) is 11.6. The third kappa shape index (κ3) is 6.50. The highest BCUT2D eigenvalue weighted by Crippen LogP contribution is 2.36. The highest BCUT2D eigenvalue weighted by Gasteiger charge is 2.31. The first-order chi connectivity index (χ1) is 19.6. The molecule has 10 nitrogen and oxygen atoms in total. The summed E-state index contributed by atoms with van der Waals surface area (Å²) in [5, 5.41) is 0. The van der Waals surface area contributed by atoms with E-state index in [1.54, 1.807) is 4.90 Å². The summed E-state index contributed by atoms with van der Waals surface area (Å²) in [4.78, 5) is 37.1. The van der Waals surface area contributed by atoms with Crippen LogP contribution in [0.3, 0.4) is 0 Å². The number of carbonyl (C=O) groups is 2. The van der Waals surface area contributed by atoms with Gasteiger partial charge in [0.2, 0.25) is 0 Å². The van der Waals surface area contributed by atoms with Crippen molar-refractivity contribution >= 4 is 17.9 Å². The molecule has 1 fully saturated rings. The summed E-state index contributed by atoms with van der Waals surface area (Å²) >= 11 is 0. The molecular weight excluding hydrogens is 531 g/mol. The molecule has 0 aliphatic carbocycles. The Labute approximate surface area is 238 Å². The second-order valence-corrected chi connectivity index (χ2v) is 11.0. The molecule has 0 spiro atoms. The number of nitrogens with zero attached hydrogens (tertiary/aromatic N) is 4. The van der Waals surface area contributed by atoms with Crippen molar-refractivity contribution in [3.8, 4) is 17.2 Å². The second-order valence-electron chi connectivity index (χ2n) is 11.0. The number of carbonyl (C=O) groups excluding carboxylic acids is 2. The monoisotopic (exact) mass is 564 g/mol. The number of methoxy groups -OCH3 is 1. The molecule has 2 aromatic carbocycles. The fourth-order valence-corrected chi connectivity index (χ4v) is 4.92. The number of anilines is 1. The van der Waals surface area contributed by atoms with Crippen molar-refractivity contribution < 1.29 is 32.9 Å². The van der Waals surface area contributed by atoms with E-state index in [0.29, 0.717) is 37.7 Å². The molecule has 2 aliphatic rings. The van der Waals surface area contributed by atoms with Gasteiger partial charge in [-0.15, -0.1) is 0 Å². The SMILES string of the molecule is COC(=O)c1cc(F)ccc1Oc1cncnc1N1CCC(Oc2cccc3c2CN(C(=O)OC(C)(C)C)C3)CC1. The molecule has 0 N–H and O–H groups in total. The van der Waals surface area contributed by atoms with E-state index in [0.717, 1.165) is 35.8 Å². The Bertz CT molecular complexity index is 1430. The van der Waals surface area contributed by atoms with Crippen LogP contribution in [0, 0.1) is 5.82 Å². The normalized spacial score (nSPS) is 15.3. The topological polar surface area (TPSA) is 103 Å². The minimum Gasteiger partial charge on any atom is -0.490 e. The van der Waals surface area contributed by atoms with Gasteiger partial charge in [0.25, 0.3) is 0 Å². The number of piperidine rings is 1. The minimum absolute atomic E-state index is 0.0254. The lowest BCUT2D eigenvalue weighted by Crippen LogP contribution is -2.39. The predicted molar refractivity (Wildman–Crippen MR) is 148 cm³/mol. The van der Waals surface area contributed by atoms with Crippen LogP contribution >= 0.6 is 0 Å². The number of benzene rings is 2. The quantitative estimate of drug-likeness (QED) is 0.359. The van der Waals surface area contributed by atoms with E-state index < -0.39 is 17.4 Å². The number of rotatable bonds is 6. The van der Waals surface area contributed by atoms with Gasteiger partial charge in [0.15, 0.2) is 11.6 Å². The Hall–Kier alpha value is -4.41. The molecular formula is C30H33FN4O6. The van der Waals surface area contributed by atoms with Crippen molar-refractivity contribution in [2.45, 2.75) is 58.4 Å². The van der Waals surface area contributed by atoms with E-state index in [-0.39, 0.29) is 23.5 Å². The highest BCUT2D eigenvalue weighted by atomic mass is 19.1. The summed E-state index contributed by atoms with van der Waals surface area (Å²) in [5.74, 6) is 0.540. The van der Waals surface area contributed by atoms with Gasteiger partial charge >= 0.3 is 12.1 Å². The summed E-state index contributed by atoms with van der Waals surface area (Å²) in [6, 6.07) is 9.56. The molecule has 5 rings (SSSR count). The van der Waals surface area contributed by atoms with Crippen molar-refractivity contribution in [2.24, 2.45) is 0 Å². The zero-order valence-corrected chi connectivity index (χ0v) is 23.6.